The van der Waals surface area contributed by atoms with E-state index in [1.54, 1.807) is 0 Å². The molecule has 0 aromatic heterocycles. The molecule has 1 heterocycles. The average molecular weight is 390 g/mol. The molecule has 1 aliphatic heterocycles. The van der Waals surface area contributed by atoms with E-state index in [1.165, 1.54) is 0 Å². The quantitative estimate of drug-likeness (QED) is 0.672. The first-order chi connectivity index (χ1) is 14.7. The van der Waals surface area contributed by atoms with E-state index in [0.29, 0.717) is 36.7 Å². The Bertz CT molecular complexity index is 988. The van der Waals surface area contributed by atoms with Crippen LogP contribution < -0.4 is 14.7 Å². The second kappa shape index (κ2) is 8.27. The van der Waals surface area contributed by atoms with Crippen molar-refractivity contribution in [1.29, 1.82) is 15.8 Å². The van der Waals surface area contributed by atoms with Crippen molar-refractivity contribution in [2.45, 2.75) is 0 Å². The molecule has 6 nitrogen and oxygen atoms in total. The third-order valence-corrected chi connectivity index (χ3v) is 5.11. The molecule has 0 radical (unpaired) electrons. The summed E-state index contributed by atoms with van der Waals surface area (Å²) in [4.78, 5) is 6.67. The van der Waals surface area contributed by atoms with Gasteiger partial charge in [-0.1, -0.05) is 0 Å². The SMILES string of the molecule is N#Cc1ccc(N2CN(c3ccc(C#N)cc3)CN(c3ccc(C#N)cc3)C2)cc1. The fourth-order valence-corrected chi connectivity index (χ4v) is 3.48. The molecule has 0 atom stereocenters. The second-order valence-electron chi connectivity index (χ2n) is 7.02. The van der Waals surface area contributed by atoms with Gasteiger partial charge in [0, 0.05) is 17.1 Å². The van der Waals surface area contributed by atoms with Crippen LogP contribution >= 0.6 is 0 Å². The van der Waals surface area contributed by atoms with E-state index in [0.717, 1.165) is 17.1 Å². The Kier molecular flexibility index (Phi) is 5.20. The molecule has 0 amide bonds. The molecule has 0 aliphatic carbocycles. The molecule has 30 heavy (non-hydrogen) atoms. The van der Waals surface area contributed by atoms with E-state index >= 15 is 0 Å². The molecule has 3 aromatic rings. The van der Waals surface area contributed by atoms with Gasteiger partial charge in [-0.3, -0.25) is 0 Å². The number of anilines is 3. The standard InChI is InChI=1S/C24H18N6/c25-13-19-1-7-22(8-2-19)28-16-29(23-9-3-20(14-26)4-10-23)18-30(17-28)24-11-5-21(15-27)6-12-24/h1-12H,16-18H2. The van der Waals surface area contributed by atoms with E-state index in [4.69, 9.17) is 15.8 Å². The molecule has 0 saturated carbocycles. The van der Waals surface area contributed by atoms with Gasteiger partial charge in [0.25, 0.3) is 0 Å². The first kappa shape index (κ1) is 18.9. The Morgan fingerprint density at radius 2 is 0.667 bits per heavy atom. The molecular weight excluding hydrogens is 372 g/mol. The number of benzene rings is 3. The molecule has 144 valence electrons. The first-order valence-electron chi connectivity index (χ1n) is 9.45. The second-order valence-corrected chi connectivity index (χ2v) is 7.02. The lowest BCUT2D eigenvalue weighted by Gasteiger charge is -2.45. The summed E-state index contributed by atoms with van der Waals surface area (Å²) in [6.07, 6.45) is 0. The van der Waals surface area contributed by atoms with Crippen LogP contribution in [0.3, 0.4) is 0 Å². The van der Waals surface area contributed by atoms with Crippen LogP contribution in [0.2, 0.25) is 0 Å². The van der Waals surface area contributed by atoms with Crippen LogP contribution in [0.15, 0.2) is 72.8 Å². The molecule has 0 spiro atoms. The van der Waals surface area contributed by atoms with Crippen molar-refractivity contribution in [3.05, 3.63) is 89.5 Å². The molecular formula is C24H18N6. The van der Waals surface area contributed by atoms with Crippen LogP contribution in [0.5, 0.6) is 0 Å². The number of hydrogen-bond donors (Lipinski definition) is 0. The van der Waals surface area contributed by atoms with Crippen molar-refractivity contribution in [2.24, 2.45) is 0 Å². The van der Waals surface area contributed by atoms with Gasteiger partial charge in [-0.05, 0) is 72.8 Å². The van der Waals surface area contributed by atoms with Crippen LogP contribution in [0.4, 0.5) is 17.1 Å². The van der Waals surface area contributed by atoms with Gasteiger partial charge >= 0.3 is 0 Å². The topological polar surface area (TPSA) is 81.1 Å². The van der Waals surface area contributed by atoms with Gasteiger partial charge in [-0.15, -0.1) is 0 Å². The molecule has 0 unspecified atom stereocenters. The van der Waals surface area contributed by atoms with Crippen LogP contribution in [-0.2, 0) is 0 Å². The molecule has 1 saturated heterocycles. The molecule has 1 fully saturated rings. The van der Waals surface area contributed by atoms with Crippen LogP contribution in [0.25, 0.3) is 0 Å². The van der Waals surface area contributed by atoms with E-state index in [1.807, 2.05) is 72.8 Å². The molecule has 4 rings (SSSR count). The summed E-state index contributed by atoms with van der Waals surface area (Å²) in [6, 6.07) is 29.1. The Morgan fingerprint density at radius 3 is 0.867 bits per heavy atom. The number of rotatable bonds is 3. The summed E-state index contributed by atoms with van der Waals surface area (Å²) in [5.41, 5.74) is 4.94. The molecule has 3 aromatic carbocycles. The fourth-order valence-electron chi connectivity index (χ4n) is 3.48. The third-order valence-electron chi connectivity index (χ3n) is 5.11. The van der Waals surface area contributed by atoms with Gasteiger partial charge in [0.15, 0.2) is 0 Å². The first-order valence-corrected chi connectivity index (χ1v) is 9.45. The van der Waals surface area contributed by atoms with Crippen LogP contribution in [-0.4, -0.2) is 20.0 Å². The summed E-state index contributed by atoms with van der Waals surface area (Å²) >= 11 is 0. The van der Waals surface area contributed by atoms with E-state index in [-0.39, 0.29) is 0 Å². The van der Waals surface area contributed by atoms with Gasteiger partial charge in [0.05, 0.1) is 54.9 Å². The van der Waals surface area contributed by atoms with E-state index in [9.17, 15) is 0 Å². The predicted octanol–water partition coefficient (Wildman–Crippen LogP) is 4.01. The minimum absolute atomic E-state index is 0.628. The Labute approximate surface area is 175 Å². The minimum atomic E-state index is 0.628. The highest BCUT2D eigenvalue weighted by Gasteiger charge is 2.24. The van der Waals surface area contributed by atoms with Crippen molar-refractivity contribution in [1.82, 2.24) is 0 Å². The number of hydrogen-bond acceptors (Lipinski definition) is 6. The highest BCUT2D eigenvalue weighted by Crippen LogP contribution is 2.27. The number of nitrogens with zero attached hydrogens (tertiary/aromatic N) is 6. The molecule has 0 bridgehead atoms. The van der Waals surface area contributed by atoms with Crippen molar-refractivity contribution in [2.75, 3.05) is 34.7 Å². The zero-order valence-corrected chi connectivity index (χ0v) is 16.2. The van der Waals surface area contributed by atoms with Crippen molar-refractivity contribution in [3.8, 4) is 18.2 Å². The zero-order chi connectivity index (χ0) is 20.9. The van der Waals surface area contributed by atoms with Gasteiger partial charge in [0.1, 0.15) is 0 Å². The Balaban J connectivity index is 1.66. The van der Waals surface area contributed by atoms with Crippen molar-refractivity contribution < 1.29 is 0 Å². The normalized spacial score (nSPS) is 13.3. The lowest BCUT2D eigenvalue weighted by atomic mass is 10.2. The fraction of sp³-hybridized carbons (Fsp3) is 0.125. The smallest absolute Gasteiger partial charge is 0.0991 e. The maximum absolute atomic E-state index is 9.08. The summed E-state index contributed by atoms with van der Waals surface area (Å²) in [6.45, 7) is 2.01. The highest BCUT2D eigenvalue weighted by atomic mass is 15.5. The zero-order valence-electron chi connectivity index (χ0n) is 16.2. The largest absolute Gasteiger partial charge is 0.336 e. The Hall–Kier alpha value is -4.47. The lowest BCUT2D eigenvalue weighted by Crippen LogP contribution is -2.55. The van der Waals surface area contributed by atoms with Crippen LogP contribution in [0, 0.1) is 34.0 Å². The summed E-state index contributed by atoms with van der Waals surface area (Å²) in [5.74, 6) is 0. The van der Waals surface area contributed by atoms with Crippen molar-refractivity contribution in [3.63, 3.8) is 0 Å². The minimum Gasteiger partial charge on any atom is -0.336 e. The lowest BCUT2D eigenvalue weighted by molar-refractivity contribution is 0.611. The van der Waals surface area contributed by atoms with Gasteiger partial charge in [-0.2, -0.15) is 15.8 Å². The monoisotopic (exact) mass is 390 g/mol. The molecule has 6 heteroatoms. The molecule has 0 N–H and O–H groups in total. The van der Waals surface area contributed by atoms with Gasteiger partial charge in [0.2, 0.25) is 0 Å². The maximum Gasteiger partial charge on any atom is 0.0991 e. The average Bonchev–Trinajstić information content (AvgIpc) is 2.84. The van der Waals surface area contributed by atoms with Gasteiger partial charge < -0.3 is 14.7 Å². The summed E-state index contributed by atoms with van der Waals surface area (Å²) < 4.78 is 0. The third kappa shape index (κ3) is 3.87. The highest BCUT2D eigenvalue weighted by molar-refractivity contribution is 5.60. The number of nitriles is 3. The summed E-state index contributed by atoms with van der Waals surface area (Å²) in [5, 5.41) is 27.2. The predicted molar refractivity (Wildman–Crippen MR) is 116 cm³/mol. The van der Waals surface area contributed by atoms with E-state index in [2.05, 4.69) is 32.9 Å². The van der Waals surface area contributed by atoms with Gasteiger partial charge in [-0.25, -0.2) is 0 Å². The van der Waals surface area contributed by atoms with E-state index < -0.39 is 0 Å². The maximum atomic E-state index is 9.08. The van der Waals surface area contributed by atoms with Crippen molar-refractivity contribution >= 4 is 17.1 Å². The Morgan fingerprint density at radius 1 is 0.433 bits per heavy atom. The summed E-state index contributed by atoms with van der Waals surface area (Å²) in [7, 11) is 0. The van der Waals surface area contributed by atoms with Crippen LogP contribution in [0.1, 0.15) is 16.7 Å². The molecule has 1 aliphatic rings.